The van der Waals surface area contributed by atoms with E-state index in [9.17, 15) is 9.59 Å². The highest BCUT2D eigenvalue weighted by atomic mass is 16.1. The lowest BCUT2D eigenvalue weighted by Gasteiger charge is -2.27. The molecule has 0 aromatic carbocycles. The van der Waals surface area contributed by atoms with Crippen LogP contribution in [0.2, 0.25) is 0 Å². The first-order valence-corrected chi connectivity index (χ1v) is 9.73. The summed E-state index contributed by atoms with van der Waals surface area (Å²) in [5, 5.41) is 4.19. The van der Waals surface area contributed by atoms with Crippen LogP contribution in [0.4, 0.5) is 5.95 Å². The molecule has 0 bridgehead atoms. The van der Waals surface area contributed by atoms with Gasteiger partial charge in [-0.25, -0.2) is 9.67 Å². The van der Waals surface area contributed by atoms with E-state index in [-0.39, 0.29) is 17.9 Å². The van der Waals surface area contributed by atoms with Crippen LogP contribution in [-0.2, 0) is 13.1 Å². The van der Waals surface area contributed by atoms with Gasteiger partial charge in [-0.3, -0.25) is 19.1 Å². The highest BCUT2D eigenvalue weighted by molar-refractivity contribution is 5.95. The fourth-order valence-electron chi connectivity index (χ4n) is 3.59. The summed E-state index contributed by atoms with van der Waals surface area (Å²) < 4.78 is 3.05. The van der Waals surface area contributed by atoms with Crippen LogP contribution < -0.4 is 10.5 Å². The van der Waals surface area contributed by atoms with Gasteiger partial charge in [0, 0.05) is 31.0 Å². The van der Waals surface area contributed by atoms with Crippen LogP contribution in [0.3, 0.4) is 0 Å². The monoisotopic (exact) mass is 390 g/mol. The third-order valence-corrected chi connectivity index (χ3v) is 5.08. The molecule has 0 amide bonds. The minimum Gasteiger partial charge on any atom is -0.342 e. The largest absolute Gasteiger partial charge is 0.342 e. The van der Waals surface area contributed by atoms with E-state index in [0.717, 1.165) is 31.9 Å². The standard InChI is InChI=1S/C21H22N6O2/c1-2-3-13-26-19-17(24-21(26)25-11-5-4-6-12-25)14-23-27(20(19)29)15-18(28)16-7-9-22-10-8-16/h7-10,14H,4-6,11-13,15H2,1H3. The average Bonchev–Trinajstić information content (AvgIpc) is 3.14. The van der Waals surface area contributed by atoms with Crippen LogP contribution in [0.1, 0.15) is 36.5 Å². The number of Topliss-reactive ketones (excluding diaryl/α,β-unsaturated/α-hetero) is 1. The number of imidazole rings is 1. The molecule has 0 unspecified atom stereocenters. The molecule has 0 atom stereocenters. The number of fused-ring (bicyclic) bond motifs is 1. The van der Waals surface area contributed by atoms with Gasteiger partial charge in [-0.15, -0.1) is 5.92 Å². The fraction of sp³-hybridized carbons (Fsp3) is 0.381. The van der Waals surface area contributed by atoms with E-state index in [1.165, 1.54) is 11.1 Å². The number of aromatic nitrogens is 5. The van der Waals surface area contributed by atoms with Crippen molar-refractivity contribution in [3.8, 4) is 11.8 Å². The molecule has 1 fully saturated rings. The number of rotatable bonds is 5. The predicted molar refractivity (Wildman–Crippen MR) is 110 cm³/mol. The molecule has 0 radical (unpaired) electrons. The molecule has 4 rings (SSSR count). The van der Waals surface area contributed by atoms with Gasteiger partial charge in [0.05, 0.1) is 12.7 Å². The van der Waals surface area contributed by atoms with E-state index in [2.05, 4.69) is 31.8 Å². The van der Waals surface area contributed by atoms with E-state index < -0.39 is 0 Å². The summed E-state index contributed by atoms with van der Waals surface area (Å²) in [5.74, 6) is 6.48. The number of pyridine rings is 1. The maximum Gasteiger partial charge on any atom is 0.293 e. The zero-order valence-corrected chi connectivity index (χ0v) is 16.3. The summed E-state index contributed by atoms with van der Waals surface area (Å²) in [5.41, 5.74) is 1.12. The smallest absolute Gasteiger partial charge is 0.293 e. The topological polar surface area (TPSA) is 85.9 Å². The van der Waals surface area contributed by atoms with Crippen LogP contribution >= 0.6 is 0 Å². The lowest BCUT2D eigenvalue weighted by Crippen LogP contribution is -2.32. The highest BCUT2D eigenvalue weighted by Crippen LogP contribution is 2.23. The van der Waals surface area contributed by atoms with E-state index in [1.807, 2.05) is 4.57 Å². The molecule has 0 saturated carbocycles. The van der Waals surface area contributed by atoms with Crippen LogP contribution in [0.15, 0.2) is 35.5 Å². The van der Waals surface area contributed by atoms with Crippen molar-refractivity contribution in [2.24, 2.45) is 0 Å². The number of hydrogen-bond donors (Lipinski definition) is 0. The van der Waals surface area contributed by atoms with Gasteiger partial charge in [0.25, 0.3) is 5.56 Å². The third-order valence-electron chi connectivity index (χ3n) is 5.08. The lowest BCUT2D eigenvalue weighted by atomic mass is 10.1. The molecule has 3 aromatic rings. The van der Waals surface area contributed by atoms with E-state index in [0.29, 0.717) is 23.1 Å². The Kier molecular flexibility index (Phi) is 5.38. The van der Waals surface area contributed by atoms with Gasteiger partial charge < -0.3 is 4.90 Å². The van der Waals surface area contributed by atoms with Gasteiger partial charge in [0.2, 0.25) is 5.95 Å². The molecule has 1 aliphatic rings. The van der Waals surface area contributed by atoms with Crippen molar-refractivity contribution >= 4 is 22.8 Å². The quantitative estimate of drug-likeness (QED) is 0.488. The van der Waals surface area contributed by atoms with Crippen molar-refractivity contribution in [1.29, 1.82) is 0 Å². The first-order valence-electron chi connectivity index (χ1n) is 9.73. The van der Waals surface area contributed by atoms with Crippen LogP contribution in [0, 0.1) is 11.8 Å². The second-order valence-corrected chi connectivity index (χ2v) is 6.97. The molecule has 8 heteroatoms. The van der Waals surface area contributed by atoms with Crippen molar-refractivity contribution in [3.63, 3.8) is 0 Å². The highest BCUT2D eigenvalue weighted by Gasteiger charge is 2.22. The van der Waals surface area contributed by atoms with Gasteiger partial charge >= 0.3 is 0 Å². The minimum atomic E-state index is -0.335. The summed E-state index contributed by atoms with van der Waals surface area (Å²) in [6.07, 6.45) is 8.07. The molecule has 8 nitrogen and oxygen atoms in total. The van der Waals surface area contributed by atoms with Crippen molar-refractivity contribution < 1.29 is 4.79 Å². The molecule has 148 valence electrons. The average molecular weight is 390 g/mol. The number of hydrogen-bond acceptors (Lipinski definition) is 6. The summed E-state index contributed by atoms with van der Waals surface area (Å²) >= 11 is 0. The number of nitrogens with zero attached hydrogens (tertiary/aromatic N) is 6. The first kappa shape index (κ1) is 18.9. The number of carbonyl (C=O) groups is 1. The number of piperidine rings is 1. The van der Waals surface area contributed by atoms with Crippen LogP contribution in [0.5, 0.6) is 0 Å². The van der Waals surface area contributed by atoms with Gasteiger partial charge in [0.15, 0.2) is 5.78 Å². The number of ketones is 1. The van der Waals surface area contributed by atoms with Gasteiger partial charge in [0.1, 0.15) is 17.6 Å². The van der Waals surface area contributed by atoms with Crippen molar-refractivity contribution in [3.05, 3.63) is 46.6 Å². The Balaban J connectivity index is 1.76. The molecule has 1 saturated heterocycles. The maximum absolute atomic E-state index is 13.2. The normalized spacial score (nSPS) is 13.9. The molecular weight excluding hydrogens is 368 g/mol. The molecular formula is C21H22N6O2. The van der Waals surface area contributed by atoms with Crippen LogP contribution in [-0.4, -0.2) is 43.2 Å². The Labute approximate surface area is 168 Å². The maximum atomic E-state index is 13.2. The molecule has 0 spiro atoms. The Morgan fingerprint density at radius 3 is 2.66 bits per heavy atom. The number of carbonyl (C=O) groups excluding carboxylic acids is 1. The molecule has 4 heterocycles. The lowest BCUT2D eigenvalue weighted by molar-refractivity contribution is 0.0966. The first-order chi connectivity index (χ1) is 14.2. The van der Waals surface area contributed by atoms with E-state index in [4.69, 9.17) is 0 Å². The SMILES string of the molecule is CC#CCn1c(N2CCCCC2)nc2cnn(CC(=O)c3ccncc3)c(=O)c21. The van der Waals surface area contributed by atoms with Gasteiger partial charge in [-0.1, -0.05) is 5.92 Å². The Morgan fingerprint density at radius 2 is 1.93 bits per heavy atom. The van der Waals surface area contributed by atoms with E-state index in [1.54, 1.807) is 37.6 Å². The summed E-state index contributed by atoms with van der Waals surface area (Å²) in [4.78, 5) is 36.5. The third kappa shape index (κ3) is 3.76. The Bertz CT molecular complexity index is 1150. The Morgan fingerprint density at radius 1 is 1.17 bits per heavy atom. The number of anilines is 1. The summed E-state index contributed by atoms with van der Waals surface area (Å²) in [6.45, 7) is 3.82. The molecule has 3 aromatic heterocycles. The molecule has 29 heavy (non-hydrogen) atoms. The second-order valence-electron chi connectivity index (χ2n) is 6.97. The molecule has 1 aliphatic heterocycles. The fourth-order valence-corrected chi connectivity index (χ4v) is 3.59. The minimum absolute atomic E-state index is 0.136. The van der Waals surface area contributed by atoms with Gasteiger partial charge in [-0.05, 0) is 38.3 Å². The molecule has 0 aliphatic carbocycles. The van der Waals surface area contributed by atoms with E-state index >= 15 is 0 Å². The summed E-state index contributed by atoms with van der Waals surface area (Å²) in [7, 11) is 0. The zero-order chi connectivity index (χ0) is 20.2. The van der Waals surface area contributed by atoms with Gasteiger partial charge in [-0.2, -0.15) is 5.10 Å². The van der Waals surface area contributed by atoms with Crippen LogP contribution in [0.25, 0.3) is 11.0 Å². The molecule has 0 N–H and O–H groups in total. The second kappa shape index (κ2) is 8.27. The predicted octanol–water partition coefficient (Wildman–Crippen LogP) is 1.88. The summed E-state index contributed by atoms with van der Waals surface area (Å²) in [6, 6.07) is 3.25. The van der Waals surface area contributed by atoms with Crippen molar-refractivity contribution in [2.45, 2.75) is 39.3 Å². The van der Waals surface area contributed by atoms with Crippen molar-refractivity contribution in [2.75, 3.05) is 18.0 Å². The Hall–Kier alpha value is -3.47. The zero-order valence-electron chi connectivity index (χ0n) is 16.3. The van der Waals surface area contributed by atoms with Crippen molar-refractivity contribution in [1.82, 2.24) is 24.3 Å².